The molecule has 0 saturated heterocycles. The topological polar surface area (TPSA) is 25.8 Å². The molecule has 1 heterocycles. The van der Waals surface area contributed by atoms with Crippen molar-refractivity contribution in [1.82, 2.24) is 10.2 Å². The lowest BCUT2D eigenvalue weighted by atomic mass is 9.52. The molecule has 3 heteroatoms. The second-order valence-corrected chi connectivity index (χ2v) is 15.8. The van der Waals surface area contributed by atoms with Crippen LogP contribution in [0.5, 0.6) is 0 Å². The van der Waals surface area contributed by atoms with E-state index in [1.165, 1.54) is 77.9 Å². The number of aromatic nitrogens is 2. The van der Waals surface area contributed by atoms with E-state index in [-0.39, 0.29) is 0 Å². The van der Waals surface area contributed by atoms with Crippen molar-refractivity contribution in [2.24, 2.45) is 0 Å². The molecule has 0 N–H and O–H groups in total. The van der Waals surface area contributed by atoms with Gasteiger partial charge in [0.15, 0.2) is 0 Å². The van der Waals surface area contributed by atoms with Gasteiger partial charge in [0.25, 0.3) is 0 Å². The molecule has 2 atom stereocenters. The Morgan fingerprint density at radius 2 is 0.782 bits per heavy atom. The first-order chi connectivity index (χ1) is 27.3. The van der Waals surface area contributed by atoms with E-state index in [1.54, 1.807) is 11.3 Å². The molecule has 8 aromatic carbocycles. The van der Waals surface area contributed by atoms with Crippen LogP contribution in [0.25, 0.3) is 54.5 Å². The Hall–Kier alpha value is -6.68. The summed E-state index contributed by atoms with van der Waals surface area (Å²) in [6.07, 6.45) is 0. The van der Waals surface area contributed by atoms with E-state index in [0.29, 0.717) is 0 Å². The Balaban J connectivity index is 1.09. The van der Waals surface area contributed by atoms with E-state index in [2.05, 4.69) is 186 Å². The fraction of sp³-hybridized carbons (Fsp3) is 0.0385. The lowest BCUT2D eigenvalue weighted by Crippen LogP contribution is -2.43. The van der Waals surface area contributed by atoms with Gasteiger partial charge in [-0.15, -0.1) is 10.2 Å². The van der Waals surface area contributed by atoms with Crippen molar-refractivity contribution >= 4 is 11.3 Å². The molecule has 2 nitrogen and oxygen atoms in total. The van der Waals surface area contributed by atoms with Gasteiger partial charge in [-0.3, -0.25) is 0 Å². The lowest BCUT2D eigenvalue weighted by molar-refractivity contribution is 0.636. The van der Waals surface area contributed by atoms with Gasteiger partial charge in [-0.1, -0.05) is 199 Å². The number of benzene rings is 8. The fourth-order valence-electron chi connectivity index (χ4n) is 10.3. The number of rotatable bonds is 4. The van der Waals surface area contributed by atoms with Crippen molar-refractivity contribution in [3.05, 3.63) is 239 Å². The third-order valence-corrected chi connectivity index (χ3v) is 13.4. The predicted molar refractivity (Wildman–Crippen MR) is 224 cm³/mol. The number of fused-ring (bicyclic) bond motifs is 12. The van der Waals surface area contributed by atoms with Gasteiger partial charge in [0.2, 0.25) is 0 Å². The SMILES string of the molecule is c1ccc(-c2nnc(-c3ccc(-c4ccc5c(c4)C4(c6ccccc6-5)c5ccccc5C5(c6ccccc6)c6ccccc6-c6cccc4c65)cc3)s2)cc1. The minimum absolute atomic E-state index is 0.443. The van der Waals surface area contributed by atoms with Crippen LogP contribution in [0.3, 0.4) is 0 Å². The van der Waals surface area contributed by atoms with Gasteiger partial charge < -0.3 is 0 Å². The van der Waals surface area contributed by atoms with E-state index < -0.39 is 10.8 Å². The summed E-state index contributed by atoms with van der Waals surface area (Å²) in [7, 11) is 0. The maximum Gasteiger partial charge on any atom is 0.148 e. The van der Waals surface area contributed by atoms with Crippen molar-refractivity contribution in [2.45, 2.75) is 10.8 Å². The summed E-state index contributed by atoms with van der Waals surface area (Å²) in [5, 5.41) is 10.9. The van der Waals surface area contributed by atoms with Crippen LogP contribution in [-0.4, -0.2) is 10.2 Å². The predicted octanol–water partition coefficient (Wildman–Crippen LogP) is 12.6. The van der Waals surface area contributed by atoms with Gasteiger partial charge in [0.1, 0.15) is 10.0 Å². The zero-order valence-electron chi connectivity index (χ0n) is 29.8. The molecule has 9 aromatic rings. The Labute approximate surface area is 324 Å². The van der Waals surface area contributed by atoms with Gasteiger partial charge in [-0.25, -0.2) is 0 Å². The fourth-order valence-corrected chi connectivity index (χ4v) is 11.1. The van der Waals surface area contributed by atoms with Crippen LogP contribution in [-0.2, 0) is 10.8 Å². The highest BCUT2D eigenvalue weighted by Gasteiger charge is 2.59. The quantitative estimate of drug-likeness (QED) is 0.181. The van der Waals surface area contributed by atoms with Crippen LogP contribution < -0.4 is 0 Å². The van der Waals surface area contributed by atoms with Gasteiger partial charge in [0, 0.05) is 11.1 Å². The van der Waals surface area contributed by atoms with Gasteiger partial charge in [0.05, 0.1) is 10.8 Å². The molecule has 3 aliphatic carbocycles. The zero-order chi connectivity index (χ0) is 36.1. The highest BCUT2D eigenvalue weighted by atomic mass is 32.1. The monoisotopic (exact) mass is 716 g/mol. The highest BCUT2D eigenvalue weighted by Crippen LogP contribution is 2.68. The van der Waals surface area contributed by atoms with E-state index in [1.807, 2.05) is 18.2 Å². The summed E-state index contributed by atoms with van der Waals surface area (Å²) in [6.45, 7) is 0. The number of hydrogen-bond donors (Lipinski definition) is 0. The molecule has 3 aliphatic rings. The van der Waals surface area contributed by atoms with Gasteiger partial charge in [-0.05, 0) is 84.0 Å². The number of hydrogen-bond acceptors (Lipinski definition) is 3. The molecule has 0 amide bonds. The summed E-state index contributed by atoms with van der Waals surface area (Å²) in [5.41, 5.74) is 19.7. The molecule has 1 aromatic heterocycles. The van der Waals surface area contributed by atoms with Crippen LogP contribution in [0, 0.1) is 0 Å². The highest BCUT2D eigenvalue weighted by molar-refractivity contribution is 7.17. The first kappa shape index (κ1) is 30.7. The number of nitrogens with zero attached hydrogens (tertiary/aromatic N) is 2. The average Bonchev–Trinajstić information content (AvgIpc) is 3.96. The van der Waals surface area contributed by atoms with Crippen LogP contribution in [0.4, 0.5) is 0 Å². The second-order valence-electron chi connectivity index (χ2n) is 14.8. The molecule has 55 heavy (non-hydrogen) atoms. The summed E-state index contributed by atoms with van der Waals surface area (Å²) in [5.74, 6) is 0. The molecule has 0 fully saturated rings. The molecule has 0 bridgehead atoms. The maximum atomic E-state index is 4.56. The van der Waals surface area contributed by atoms with Crippen molar-refractivity contribution in [1.29, 1.82) is 0 Å². The second kappa shape index (κ2) is 11.4. The standard InChI is InChI=1S/C52H32N2S/c1-3-14-34(15-4-1)49-53-54-50(55-49)35-28-26-33(27-29-35)36-30-31-40-38-18-7-10-22-43(38)52(47(40)32-36)45-24-12-11-23-44(45)51(37-16-5-2-6-17-37)42-21-9-8-19-39(42)41-20-13-25-46(52)48(41)51/h1-32H. The lowest BCUT2D eigenvalue weighted by Gasteiger charge is -2.48. The molecule has 0 saturated carbocycles. The Bertz CT molecular complexity index is 2980. The molecular weight excluding hydrogens is 685 g/mol. The van der Waals surface area contributed by atoms with Crippen LogP contribution >= 0.6 is 11.3 Å². The maximum absolute atomic E-state index is 4.56. The third-order valence-electron chi connectivity index (χ3n) is 12.4. The van der Waals surface area contributed by atoms with Gasteiger partial charge in [-0.2, -0.15) is 0 Å². The first-order valence-electron chi connectivity index (χ1n) is 18.9. The van der Waals surface area contributed by atoms with E-state index in [4.69, 9.17) is 0 Å². The van der Waals surface area contributed by atoms with Crippen LogP contribution in [0.1, 0.15) is 44.5 Å². The molecule has 1 spiro atoms. The van der Waals surface area contributed by atoms with Crippen molar-refractivity contribution < 1.29 is 0 Å². The summed E-state index contributed by atoms with van der Waals surface area (Å²) >= 11 is 1.63. The minimum atomic E-state index is -0.509. The normalized spacial score (nSPS) is 18.0. The summed E-state index contributed by atoms with van der Waals surface area (Å²) in [4.78, 5) is 0. The largest absolute Gasteiger partial charge is 0.148 e. The van der Waals surface area contributed by atoms with E-state index in [9.17, 15) is 0 Å². The van der Waals surface area contributed by atoms with Crippen LogP contribution in [0.2, 0.25) is 0 Å². The molecule has 12 rings (SSSR count). The Kier molecular flexibility index (Phi) is 6.38. The van der Waals surface area contributed by atoms with Crippen molar-refractivity contribution in [3.63, 3.8) is 0 Å². The molecule has 0 radical (unpaired) electrons. The van der Waals surface area contributed by atoms with Crippen molar-refractivity contribution in [3.8, 4) is 54.5 Å². The molecular formula is C52H32N2S. The zero-order valence-corrected chi connectivity index (χ0v) is 30.6. The smallest absolute Gasteiger partial charge is 0.138 e. The average molecular weight is 717 g/mol. The Morgan fingerprint density at radius 3 is 1.49 bits per heavy atom. The minimum Gasteiger partial charge on any atom is -0.138 e. The van der Waals surface area contributed by atoms with Crippen molar-refractivity contribution in [2.75, 3.05) is 0 Å². The van der Waals surface area contributed by atoms with E-state index in [0.717, 1.165) is 21.1 Å². The third kappa shape index (κ3) is 3.98. The summed E-state index contributed by atoms with van der Waals surface area (Å²) in [6, 6.07) is 72.1. The first-order valence-corrected chi connectivity index (χ1v) is 19.7. The van der Waals surface area contributed by atoms with Gasteiger partial charge >= 0.3 is 0 Å². The Morgan fingerprint density at radius 1 is 0.309 bits per heavy atom. The molecule has 2 unspecified atom stereocenters. The van der Waals surface area contributed by atoms with Crippen LogP contribution in [0.15, 0.2) is 194 Å². The molecule has 0 aliphatic heterocycles. The summed E-state index contributed by atoms with van der Waals surface area (Å²) < 4.78 is 0. The molecule has 256 valence electrons. The van der Waals surface area contributed by atoms with E-state index >= 15 is 0 Å².